The zero-order valence-corrected chi connectivity index (χ0v) is 11.0. The summed E-state index contributed by atoms with van der Waals surface area (Å²) in [4.78, 5) is 4.38. The van der Waals surface area contributed by atoms with Gasteiger partial charge in [0.1, 0.15) is 0 Å². The number of aliphatic hydroxyl groups excluding tert-OH is 1. The van der Waals surface area contributed by atoms with Crippen LogP contribution in [-0.4, -0.2) is 23.3 Å². The molecule has 1 saturated heterocycles. The zero-order chi connectivity index (χ0) is 12.4. The third-order valence-corrected chi connectivity index (χ3v) is 4.46. The summed E-state index contributed by atoms with van der Waals surface area (Å²) in [7, 11) is 0. The molecule has 0 amide bonds. The number of hydrogen-bond acceptors (Lipinski definition) is 4. The molecule has 18 heavy (non-hydrogen) atoms. The van der Waals surface area contributed by atoms with E-state index in [9.17, 15) is 5.11 Å². The van der Waals surface area contributed by atoms with Crippen molar-refractivity contribution in [3.63, 3.8) is 0 Å². The Morgan fingerprint density at radius 2 is 2.28 bits per heavy atom. The summed E-state index contributed by atoms with van der Waals surface area (Å²) in [6.45, 7) is 1.67. The van der Waals surface area contributed by atoms with Gasteiger partial charge in [-0.2, -0.15) is 0 Å². The van der Waals surface area contributed by atoms with Crippen LogP contribution in [-0.2, 0) is 4.74 Å². The average Bonchev–Trinajstić information content (AvgIpc) is 2.87. The molecule has 0 saturated carbocycles. The fraction of sp³-hybridized carbons (Fsp3) is 0.500. The third kappa shape index (κ3) is 2.55. The molecule has 0 aliphatic carbocycles. The molecule has 2 aromatic rings. The largest absolute Gasteiger partial charge is 0.388 e. The molecule has 0 bridgehead atoms. The summed E-state index contributed by atoms with van der Waals surface area (Å²) in [5, 5.41) is 12.3. The SMILES string of the molecule is OC(CC1CCOCC1)c1cnc2ccsc2c1. The first-order valence-electron chi connectivity index (χ1n) is 6.42. The fourth-order valence-electron chi connectivity index (χ4n) is 2.48. The van der Waals surface area contributed by atoms with Crippen molar-refractivity contribution >= 4 is 21.6 Å². The van der Waals surface area contributed by atoms with Gasteiger partial charge in [0.05, 0.1) is 16.3 Å². The van der Waals surface area contributed by atoms with Gasteiger partial charge in [0.2, 0.25) is 0 Å². The standard InChI is InChI=1S/C14H17NO2S/c16-13(7-10-1-4-17-5-2-10)11-8-14-12(15-9-11)3-6-18-14/h3,6,8-10,13,16H,1-2,4-5,7H2. The highest BCUT2D eigenvalue weighted by molar-refractivity contribution is 7.17. The summed E-state index contributed by atoms with van der Waals surface area (Å²) < 4.78 is 6.49. The van der Waals surface area contributed by atoms with Crippen LogP contribution in [0.25, 0.3) is 10.2 Å². The van der Waals surface area contributed by atoms with Crippen molar-refractivity contribution in [2.45, 2.75) is 25.4 Å². The van der Waals surface area contributed by atoms with E-state index in [0.29, 0.717) is 5.92 Å². The molecule has 96 valence electrons. The molecule has 1 aliphatic rings. The monoisotopic (exact) mass is 263 g/mol. The van der Waals surface area contributed by atoms with Gasteiger partial charge in [-0.1, -0.05) is 0 Å². The normalized spacial score (nSPS) is 19.2. The molecule has 0 radical (unpaired) electrons. The summed E-state index contributed by atoms with van der Waals surface area (Å²) in [6, 6.07) is 4.08. The molecule has 3 rings (SSSR count). The zero-order valence-electron chi connectivity index (χ0n) is 10.2. The van der Waals surface area contributed by atoms with E-state index < -0.39 is 6.10 Å². The molecule has 3 heterocycles. The van der Waals surface area contributed by atoms with E-state index in [0.717, 1.165) is 48.3 Å². The molecule has 1 fully saturated rings. The van der Waals surface area contributed by atoms with Crippen LogP contribution >= 0.6 is 11.3 Å². The van der Waals surface area contributed by atoms with Crippen LogP contribution < -0.4 is 0 Å². The topological polar surface area (TPSA) is 42.4 Å². The Labute approximate surface area is 110 Å². The highest BCUT2D eigenvalue weighted by Crippen LogP contribution is 2.29. The smallest absolute Gasteiger partial charge is 0.0809 e. The van der Waals surface area contributed by atoms with Gasteiger partial charge in [0.25, 0.3) is 0 Å². The summed E-state index contributed by atoms with van der Waals surface area (Å²) in [6.07, 6.45) is 4.35. The van der Waals surface area contributed by atoms with Gasteiger partial charge in [-0.25, -0.2) is 0 Å². The maximum absolute atomic E-state index is 10.3. The molecular weight excluding hydrogens is 246 g/mol. The molecule has 1 atom stereocenters. The lowest BCUT2D eigenvalue weighted by molar-refractivity contribution is 0.0435. The van der Waals surface area contributed by atoms with Crippen molar-refractivity contribution in [3.05, 3.63) is 29.3 Å². The van der Waals surface area contributed by atoms with Crippen LogP contribution in [0.15, 0.2) is 23.7 Å². The number of fused-ring (bicyclic) bond motifs is 1. The number of aliphatic hydroxyl groups is 1. The first-order chi connectivity index (χ1) is 8.83. The average molecular weight is 263 g/mol. The van der Waals surface area contributed by atoms with Gasteiger partial charge >= 0.3 is 0 Å². The first-order valence-corrected chi connectivity index (χ1v) is 7.30. The Bertz CT molecular complexity index is 519. The van der Waals surface area contributed by atoms with E-state index in [1.54, 1.807) is 17.5 Å². The quantitative estimate of drug-likeness (QED) is 0.925. The van der Waals surface area contributed by atoms with Crippen molar-refractivity contribution in [1.29, 1.82) is 0 Å². The van der Waals surface area contributed by atoms with Gasteiger partial charge in [-0.15, -0.1) is 11.3 Å². The Morgan fingerprint density at radius 1 is 1.44 bits per heavy atom. The Kier molecular flexibility index (Phi) is 3.59. The predicted octanol–water partition coefficient (Wildman–Crippen LogP) is 3.15. The van der Waals surface area contributed by atoms with Gasteiger partial charge in [-0.05, 0) is 42.7 Å². The second-order valence-electron chi connectivity index (χ2n) is 4.88. The lowest BCUT2D eigenvalue weighted by Gasteiger charge is -2.24. The highest BCUT2D eigenvalue weighted by atomic mass is 32.1. The van der Waals surface area contributed by atoms with Crippen molar-refractivity contribution < 1.29 is 9.84 Å². The molecule has 1 aliphatic heterocycles. The Morgan fingerprint density at radius 3 is 3.11 bits per heavy atom. The van der Waals surface area contributed by atoms with E-state index in [4.69, 9.17) is 4.74 Å². The molecule has 0 spiro atoms. The second kappa shape index (κ2) is 5.34. The van der Waals surface area contributed by atoms with Crippen LogP contribution in [0, 0.1) is 5.92 Å². The van der Waals surface area contributed by atoms with Crippen molar-refractivity contribution in [1.82, 2.24) is 4.98 Å². The lowest BCUT2D eigenvalue weighted by Crippen LogP contribution is -2.18. The van der Waals surface area contributed by atoms with Crippen LogP contribution in [0.5, 0.6) is 0 Å². The lowest BCUT2D eigenvalue weighted by atomic mass is 9.91. The minimum atomic E-state index is -0.396. The number of ether oxygens (including phenoxy) is 1. The van der Waals surface area contributed by atoms with Crippen molar-refractivity contribution in [2.24, 2.45) is 5.92 Å². The molecule has 1 unspecified atom stereocenters. The molecule has 4 heteroatoms. The maximum atomic E-state index is 10.3. The van der Waals surface area contributed by atoms with Crippen molar-refractivity contribution in [2.75, 3.05) is 13.2 Å². The van der Waals surface area contributed by atoms with Crippen molar-refractivity contribution in [3.8, 4) is 0 Å². The number of nitrogens with zero attached hydrogens (tertiary/aromatic N) is 1. The highest BCUT2D eigenvalue weighted by Gasteiger charge is 2.19. The van der Waals surface area contributed by atoms with Crippen LogP contribution in [0.1, 0.15) is 30.9 Å². The van der Waals surface area contributed by atoms with E-state index >= 15 is 0 Å². The van der Waals surface area contributed by atoms with E-state index in [1.807, 2.05) is 11.4 Å². The maximum Gasteiger partial charge on any atom is 0.0809 e. The van der Waals surface area contributed by atoms with Gasteiger partial charge < -0.3 is 9.84 Å². The Hall–Kier alpha value is -0.970. The molecule has 3 nitrogen and oxygen atoms in total. The van der Waals surface area contributed by atoms with E-state index in [-0.39, 0.29) is 0 Å². The third-order valence-electron chi connectivity index (χ3n) is 3.61. The minimum Gasteiger partial charge on any atom is -0.388 e. The second-order valence-corrected chi connectivity index (χ2v) is 5.83. The first kappa shape index (κ1) is 12.1. The summed E-state index contributed by atoms with van der Waals surface area (Å²) in [5.74, 6) is 0.577. The van der Waals surface area contributed by atoms with Gasteiger partial charge in [0, 0.05) is 25.0 Å². The van der Waals surface area contributed by atoms with Crippen LogP contribution in [0.2, 0.25) is 0 Å². The molecular formula is C14H17NO2S. The van der Waals surface area contributed by atoms with E-state index in [2.05, 4.69) is 11.1 Å². The number of hydrogen-bond donors (Lipinski definition) is 1. The van der Waals surface area contributed by atoms with Crippen LogP contribution in [0.4, 0.5) is 0 Å². The fourth-order valence-corrected chi connectivity index (χ4v) is 3.27. The Balaban J connectivity index is 1.72. The van der Waals surface area contributed by atoms with Gasteiger partial charge in [-0.3, -0.25) is 4.98 Å². The van der Waals surface area contributed by atoms with E-state index in [1.165, 1.54) is 0 Å². The molecule has 2 aromatic heterocycles. The minimum absolute atomic E-state index is 0.396. The summed E-state index contributed by atoms with van der Waals surface area (Å²) >= 11 is 1.67. The van der Waals surface area contributed by atoms with Gasteiger partial charge in [0.15, 0.2) is 0 Å². The predicted molar refractivity (Wildman–Crippen MR) is 72.7 cm³/mol. The number of thiophene rings is 1. The molecule has 0 aromatic carbocycles. The summed E-state index contributed by atoms with van der Waals surface area (Å²) in [5.41, 5.74) is 1.96. The van der Waals surface area contributed by atoms with Crippen LogP contribution in [0.3, 0.4) is 0 Å². The molecule has 1 N–H and O–H groups in total. The number of pyridine rings is 1. The number of aromatic nitrogens is 1. The number of rotatable bonds is 3.